The van der Waals surface area contributed by atoms with Crippen LogP contribution >= 0.6 is 0 Å². The van der Waals surface area contributed by atoms with E-state index in [-0.39, 0.29) is 0 Å². The average Bonchev–Trinajstić information content (AvgIpc) is 2.18. The molecular weight excluding hydrogens is 156 g/mol. The van der Waals surface area contributed by atoms with E-state index in [1.54, 1.807) is 0 Å². The summed E-state index contributed by atoms with van der Waals surface area (Å²) in [5, 5.41) is 0. The second-order valence-electron chi connectivity index (χ2n) is 3.20. The van der Waals surface area contributed by atoms with E-state index in [0.717, 1.165) is 12.8 Å². The summed E-state index contributed by atoms with van der Waals surface area (Å²) < 4.78 is 0. The van der Waals surface area contributed by atoms with Gasteiger partial charge in [0, 0.05) is 0 Å². The van der Waals surface area contributed by atoms with Crippen molar-refractivity contribution in [3.63, 3.8) is 0 Å². The van der Waals surface area contributed by atoms with E-state index in [2.05, 4.69) is 48.6 Å². The van der Waals surface area contributed by atoms with Crippen molar-refractivity contribution >= 4 is 0 Å². The zero-order valence-electron chi connectivity index (χ0n) is 8.15. The lowest BCUT2D eigenvalue weighted by Gasteiger charge is -1.89. The minimum absolute atomic E-state index is 1.07. The Balaban J connectivity index is 2.38. The van der Waals surface area contributed by atoms with Gasteiger partial charge >= 0.3 is 0 Å². The van der Waals surface area contributed by atoms with Crippen molar-refractivity contribution in [2.75, 3.05) is 0 Å². The molecule has 0 saturated carbocycles. The maximum absolute atomic E-state index is 2.28. The zero-order chi connectivity index (χ0) is 9.19. The molecule has 0 saturated heterocycles. The molecule has 0 amide bonds. The Morgan fingerprint density at radius 3 is 1.62 bits per heavy atom. The van der Waals surface area contributed by atoms with Gasteiger partial charge in [0.25, 0.3) is 0 Å². The monoisotopic (exact) mass is 174 g/mol. The molecule has 0 atom stereocenters. The number of rotatable bonds is 0. The highest BCUT2D eigenvalue weighted by Gasteiger charge is 1.80. The van der Waals surface area contributed by atoms with Gasteiger partial charge in [0.2, 0.25) is 0 Å². The normalized spacial score (nSPS) is 26.5. The number of hydrogen-bond acceptors (Lipinski definition) is 0. The van der Waals surface area contributed by atoms with Crippen LogP contribution < -0.4 is 0 Å². The smallest absolute Gasteiger partial charge is 0.0166 e. The first-order chi connectivity index (χ1) is 6.50. The molecule has 0 aromatic carbocycles. The van der Waals surface area contributed by atoms with Crippen LogP contribution in [0.5, 0.6) is 0 Å². The van der Waals surface area contributed by atoms with E-state index in [0.29, 0.717) is 0 Å². The molecule has 0 aromatic rings. The predicted molar refractivity (Wildman–Crippen MR) is 59.6 cm³/mol. The standard InChI is InChI=1S/C13H18/c1-2-4-6-8-10-12-13-11-9-7-5-3-1/h1-4,7-10H,5-6,11-13H2/b3-1-,4-2+,9-7-,10-8?. The fraction of sp³-hybridized carbons (Fsp3) is 0.385. The number of hydrogen-bond donors (Lipinski definition) is 0. The molecule has 0 unspecified atom stereocenters. The van der Waals surface area contributed by atoms with Crippen molar-refractivity contribution in [1.29, 1.82) is 0 Å². The van der Waals surface area contributed by atoms with E-state index >= 15 is 0 Å². The molecule has 1 rings (SSSR count). The molecule has 1 aliphatic carbocycles. The molecule has 70 valence electrons. The van der Waals surface area contributed by atoms with Gasteiger partial charge in [0.15, 0.2) is 0 Å². The molecule has 0 bridgehead atoms. The van der Waals surface area contributed by atoms with Crippen molar-refractivity contribution in [3.05, 3.63) is 48.6 Å². The summed E-state index contributed by atoms with van der Waals surface area (Å²) >= 11 is 0. The molecule has 0 heterocycles. The lowest BCUT2D eigenvalue weighted by atomic mass is 10.2. The molecule has 0 radical (unpaired) electrons. The van der Waals surface area contributed by atoms with Crippen molar-refractivity contribution in [2.45, 2.75) is 32.1 Å². The molecule has 0 heteroatoms. The Kier molecular flexibility index (Phi) is 5.87. The third kappa shape index (κ3) is 6.15. The summed E-state index contributed by atoms with van der Waals surface area (Å²) in [7, 11) is 0. The Bertz CT molecular complexity index is 192. The highest BCUT2D eigenvalue weighted by molar-refractivity contribution is 5.07. The highest BCUT2D eigenvalue weighted by atomic mass is 13.9. The van der Waals surface area contributed by atoms with Crippen molar-refractivity contribution in [1.82, 2.24) is 0 Å². The SMILES string of the molecule is C1=CCCC/C=C\C/C=C\C=C\C1. The maximum Gasteiger partial charge on any atom is -0.0166 e. The van der Waals surface area contributed by atoms with Gasteiger partial charge in [-0.05, 0) is 32.1 Å². The summed E-state index contributed by atoms with van der Waals surface area (Å²) in [6.45, 7) is 0. The van der Waals surface area contributed by atoms with Gasteiger partial charge in [-0.25, -0.2) is 0 Å². The quantitative estimate of drug-likeness (QED) is 0.483. The van der Waals surface area contributed by atoms with Crippen molar-refractivity contribution < 1.29 is 0 Å². The van der Waals surface area contributed by atoms with Crippen molar-refractivity contribution in [2.24, 2.45) is 0 Å². The van der Waals surface area contributed by atoms with Crippen LogP contribution in [-0.2, 0) is 0 Å². The topological polar surface area (TPSA) is 0 Å². The van der Waals surface area contributed by atoms with Crippen LogP contribution in [-0.4, -0.2) is 0 Å². The molecule has 13 heavy (non-hydrogen) atoms. The van der Waals surface area contributed by atoms with Crippen LogP contribution in [0.1, 0.15) is 32.1 Å². The Hall–Kier alpha value is -1.04. The van der Waals surface area contributed by atoms with Crippen LogP contribution in [0.2, 0.25) is 0 Å². The molecule has 0 aliphatic heterocycles. The van der Waals surface area contributed by atoms with Crippen LogP contribution in [0.4, 0.5) is 0 Å². The van der Waals surface area contributed by atoms with Crippen LogP contribution in [0.25, 0.3) is 0 Å². The van der Waals surface area contributed by atoms with Gasteiger partial charge in [-0.2, -0.15) is 0 Å². The summed E-state index contributed by atoms with van der Waals surface area (Å²) in [6, 6.07) is 0. The third-order valence-corrected chi connectivity index (χ3v) is 2.00. The van der Waals surface area contributed by atoms with E-state index in [1.165, 1.54) is 19.3 Å². The van der Waals surface area contributed by atoms with E-state index in [4.69, 9.17) is 0 Å². The number of allylic oxidation sites excluding steroid dienone is 8. The summed E-state index contributed by atoms with van der Waals surface area (Å²) in [5.74, 6) is 0. The summed E-state index contributed by atoms with van der Waals surface area (Å²) in [5.41, 5.74) is 0. The predicted octanol–water partition coefficient (Wildman–Crippen LogP) is 4.18. The van der Waals surface area contributed by atoms with E-state index in [1.807, 2.05) is 0 Å². The molecule has 1 aliphatic rings. The molecular formula is C13H18. The molecule has 0 nitrogen and oxygen atoms in total. The second-order valence-corrected chi connectivity index (χ2v) is 3.20. The van der Waals surface area contributed by atoms with Gasteiger partial charge in [0.1, 0.15) is 0 Å². The first-order valence-electron chi connectivity index (χ1n) is 5.12. The lowest BCUT2D eigenvalue weighted by Crippen LogP contribution is -1.69. The fourth-order valence-electron chi connectivity index (χ4n) is 1.25. The summed E-state index contributed by atoms with van der Waals surface area (Å²) in [4.78, 5) is 0. The first kappa shape index (κ1) is 10.0. The first-order valence-corrected chi connectivity index (χ1v) is 5.12. The van der Waals surface area contributed by atoms with Crippen LogP contribution in [0.3, 0.4) is 0 Å². The second kappa shape index (κ2) is 7.60. The molecule has 0 aromatic heterocycles. The van der Waals surface area contributed by atoms with Crippen molar-refractivity contribution in [3.8, 4) is 0 Å². The Morgan fingerprint density at radius 1 is 0.538 bits per heavy atom. The molecule has 0 fully saturated rings. The minimum Gasteiger partial charge on any atom is -0.0882 e. The molecule has 0 N–H and O–H groups in total. The van der Waals surface area contributed by atoms with E-state index < -0.39 is 0 Å². The highest BCUT2D eigenvalue weighted by Crippen LogP contribution is 2.01. The molecule has 0 spiro atoms. The summed E-state index contributed by atoms with van der Waals surface area (Å²) in [6.07, 6.45) is 23.5. The largest absolute Gasteiger partial charge is 0.0882 e. The van der Waals surface area contributed by atoms with Crippen LogP contribution in [0, 0.1) is 0 Å². The van der Waals surface area contributed by atoms with Gasteiger partial charge < -0.3 is 0 Å². The third-order valence-electron chi connectivity index (χ3n) is 2.00. The van der Waals surface area contributed by atoms with Gasteiger partial charge in [0.05, 0.1) is 0 Å². The average molecular weight is 174 g/mol. The van der Waals surface area contributed by atoms with Gasteiger partial charge in [-0.1, -0.05) is 48.6 Å². The lowest BCUT2D eigenvalue weighted by molar-refractivity contribution is 0.864. The Labute approximate surface area is 81.4 Å². The minimum atomic E-state index is 1.07. The zero-order valence-corrected chi connectivity index (χ0v) is 8.15. The maximum atomic E-state index is 2.28. The Morgan fingerprint density at radius 2 is 1.08 bits per heavy atom. The van der Waals surface area contributed by atoms with Gasteiger partial charge in [-0.15, -0.1) is 0 Å². The van der Waals surface area contributed by atoms with E-state index in [9.17, 15) is 0 Å². The van der Waals surface area contributed by atoms with Crippen LogP contribution in [0.15, 0.2) is 48.6 Å². The van der Waals surface area contributed by atoms with Gasteiger partial charge in [-0.3, -0.25) is 0 Å². The fourth-order valence-corrected chi connectivity index (χ4v) is 1.25.